The highest BCUT2D eigenvalue weighted by Crippen LogP contribution is 1.75. The summed E-state index contributed by atoms with van der Waals surface area (Å²) in [6, 6.07) is 0. The molecule has 46 valence electrons. The summed E-state index contributed by atoms with van der Waals surface area (Å²) < 4.78 is 0. The topological polar surface area (TPSA) is 29.3 Å². The summed E-state index contributed by atoms with van der Waals surface area (Å²) in [4.78, 5) is 0. The quantitative estimate of drug-likeness (QED) is 0.326. The van der Waals surface area contributed by atoms with Gasteiger partial charge in [0.25, 0.3) is 0 Å². The van der Waals surface area contributed by atoms with Crippen LogP contribution >= 0.6 is 0 Å². The van der Waals surface area contributed by atoms with Crippen LogP contribution < -0.4 is 5.84 Å². The van der Waals surface area contributed by atoms with Crippen LogP contribution in [0.5, 0.6) is 0 Å². The van der Waals surface area contributed by atoms with Gasteiger partial charge >= 0.3 is 0 Å². The van der Waals surface area contributed by atoms with Crippen LogP contribution in [-0.4, -0.2) is 12.1 Å². The minimum Gasteiger partial charge on any atom is -0.321 e. The van der Waals surface area contributed by atoms with Crippen LogP contribution in [0, 0.1) is 0 Å². The van der Waals surface area contributed by atoms with Crippen molar-refractivity contribution in [3.05, 3.63) is 24.4 Å². The molecule has 0 radical (unpaired) electrons. The third kappa shape index (κ3) is 5.24. The summed E-state index contributed by atoms with van der Waals surface area (Å²) in [7, 11) is 1.78. The van der Waals surface area contributed by atoms with E-state index in [4.69, 9.17) is 5.84 Å². The van der Waals surface area contributed by atoms with Crippen LogP contribution in [0.4, 0.5) is 0 Å². The van der Waals surface area contributed by atoms with Crippen molar-refractivity contribution < 1.29 is 0 Å². The Kier molecular flexibility index (Phi) is 3.98. The van der Waals surface area contributed by atoms with E-state index in [0.29, 0.717) is 0 Å². The minimum atomic E-state index is 1.50. The van der Waals surface area contributed by atoms with E-state index in [1.165, 1.54) is 5.01 Å². The van der Waals surface area contributed by atoms with E-state index in [-0.39, 0.29) is 0 Å². The molecule has 0 fully saturated rings. The van der Waals surface area contributed by atoms with E-state index in [2.05, 4.69) is 0 Å². The Morgan fingerprint density at radius 2 is 2.00 bits per heavy atom. The van der Waals surface area contributed by atoms with E-state index < -0.39 is 0 Å². The maximum absolute atomic E-state index is 5.25. The zero-order chi connectivity index (χ0) is 6.41. The number of hydrogen-bond acceptors (Lipinski definition) is 2. The summed E-state index contributed by atoms with van der Waals surface area (Å²) >= 11 is 0. The first-order valence-electron chi connectivity index (χ1n) is 2.54. The minimum absolute atomic E-state index is 1.50. The summed E-state index contributed by atoms with van der Waals surface area (Å²) in [5.74, 6) is 5.25. The van der Waals surface area contributed by atoms with Crippen LogP contribution in [0.3, 0.4) is 0 Å². The standard InChI is InChI=1S/C6H12N2/c1-3-4-5-6-8(2)7/h3-6H,7H2,1-2H3/b4-3-,6-5+. The second-order valence-corrected chi connectivity index (χ2v) is 1.53. The van der Waals surface area contributed by atoms with Crippen LogP contribution in [0.15, 0.2) is 24.4 Å². The lowest BCUT2D eigenvalue weighted by Gasteiger charge is -2.00. The number of nitrogens with zero attached hydrogens (tertiary/aromatic N) is 1. The lowest BCUT2D eigenvalue weighted by Crippen LogP contribution is -2.17. The normalized spacial score (nSPS) is 11.4. The van der Waals surface area contributed by atoms with Gasteiger partial charge in [-0.3, -0.25) is 0 Å². The van der Waals surface area contributed by atoms with Gasteiger partial charge in [0.1, 0.15) is 0 Å². The molecule has 8 heavy (non-hydrogen) atoms. The van der Waals surface area contributed by atoms with Crippen LogP contribution in [-0.2, 0) is 0 Å². The predicted molar refractivity (Wildman–Crippen MR) is 35.9 cm³/mol. The molecule has 2 nitrogen and oxygen atoms in total. The third-order valence-corrected chi connectivity index (χ3v) is 0.625. The third-order valence-electron chi connectivity index (χ3n) is 0.625. The molecule has 0 aromatic heterocycles. The number of allylic oxidation sites excluding steroid dienone is 3. The molecule has 0 atom stereocenters. The van der Waals surface area contributed by atoms with Crippen LogP contribution in [0.25, 0.3) is 0 Å². The Labute approximate surface area is 50.3 Å². The van der Waals surface area contributed by atoms with E-state index >= 15 is 0 Å². The highest BCUT2D eigenvalue weighted by Gasteiger charge is 1.68. The lowest BCUT2D eigenvalue weighted by molar-refractivity contribution is 0.485. The number of hydrazine groups is 1. The van der Waals surface area contributed by atoms with E-state index in [0.717, 1.165) is 0 Å². The maximum Gasteiger partial charge on any atom is 0.0222 e. The maximum atomic E-state index is 5.25. The Bertz CT molecular complexity index is 92.7. The molecule has 0 rings (SSSR count). The van der Waals surface area contributed by atoms with Crippen molar-refractivity contribution in [3.63, 3.8) is 0 Å². The van der Waals surface area contributed by atoms with Gasteiger partial charge in [-0.25, -0.2) is 5.84 Å². The van der Waals surface area contributed by atoms with Crippen LogP contribution in [0.1, 0.15) is 6.92 Å². The highest BCUT2D eigenvalue weighted by atomic mass is 15.4. The van der Waals surface area contributed by atoms with Gasteiger partial charge in [0.2, 0.25) is 0 Å². The molecule has 0 aromatic carbocycles. The lowest BCUT2D eigenvalue weighted by atomic mass is 10.5. The number of rotatable bonds is 2. The van der Waals surface area contributed by atoms with Gasteiger partial charge in [0, 0.05) is 13.2 Å². The van der Waals surface area contributed by atoms with Crippen LogP contribution in [0.2, 0.25) is 0 Å². The van der Waals surface area contributed by atoms with Gasteiger partial charge < -0.3 is 5.01 Å². The van der Waals surface area contributed by atoms with Gasteiger partial charge in [0.05, 0.1) is 0 Å². The zero-order valence-electron chi connectivity index (χ0n) is 5.33. The molecule has 0 saturated carbocycles. The molecule has 0 amide bonds. The summed E-state index contributed by atoms with van der Waals surface area (Å²) in [6.45, 7) is 1.96. The van der Waals surface area contributed by atoms with Crippen molar-refractivity contribution in [2.45, 2.75) is 6.92 Å². The molecule has 0 aliphatic carbocycles. The smallest absolute Gasteiger partial charge is 0.0222 e. The molecule has 2 heteroatoms. The Hall–Kier alpha value is -0.760. The monoisotopic (exact) mass is 112 g/mol. The summed E-state index contributed by atoms with van der Waals surface area (Å²) in [6.07, 6.45) is 7.52. The molecular formula is C6H12N2. The second kappa shape index (κ2) is 4.40. The summed E-state index contributed by atoms with van der Waals surface area (Å²) in [5.41, 5.74) is 0. The molecule has 2 N–H and O–H groups in total. The zero-order valence-corrected chi connectivity index (χ0v) is 5.33. The Morgan fingerprint density at radius 1 is 1.38 bits per heavy atom. The van der Waals surface area contributed by atoms with Crippen molar-refractivity contribution in [1.29, 1.82) is 0 Å². The SMILES string of the molecule is C/C=C\C=C\N(C)N. The first-order valence-corrected chi connectivity index (χ1v) is 2.54. The average molecular weight is 112 g/mol. The first kappa shape index (κ1) is 7.24. The van der Waals surface area contributed by atoms with Crippen molar-refractivity contribution in [3.8, 4) is 0 Å². The van der Waals surface area contributed by atoms with E-state index in [1.54, 1.807) is 13.2 Å². The fraction of sp³-hybridized carbons (Fsp3) is 0.333. The summed E-state index contributed by atoms with van der Waals surface area (Å²) in [5, 5.41) is 1.50. The average Bonchev–Trinajstić information content (AvgIpc) is 1.66. The fourth-order valence-corrected chi connectivity index (χ4v) is 0.297. The van der Waals surface area contributed by atoms with Gasteiger partial charge in [-0.05, 0) is 13.0 Å². The van der Waals surface area contributed by atoms with Gasteiger partial charge in [-0.15, -0.1) is 0 Å². The highest BCUT2D eigenvalue weighted by molar-refractivity contribution is 4.99. The first-order chi connectivity index (χ1) is 3.77. The molecule has 0 aromatic rings. The van der Waals surface area contributed by atoms with Crippen molar-refractivity contribution >= 4 is 0 Å². The molecule has 0 aliphatic heterocycles. The van der Waals surface area contributed by atoms with E-state index in [9.17, 15) is 0 Å². The second-order valence-electron chi connectivity index (χ2n) is 1.53. The van der Waals surface area contributed by atoms with Gasteiger partial charge in [0.15, 0.2) is 0 Å². The molecular weight excluding hydrogens is 100 g/mol. The Balaban J connectivity index is 3.34. The molecule has 0 heterocycles. The molecule has 0 spiro atoms. The largest absolute Gasteiger partial charge is 0.321 e. The van der Waals surface area contributed by atoms with Gasteiger partial charge in [-0.1, -0.05) is 12.2 Å². The number of hydrogen-bond donors (Lipinski definition) is 1. The van der Waals surface area contributed by atoms with Crippen molar-refractivity contribution in [2.75, 3.05) is 7.05 Å². The molecule has 0 saturated heterocycles. The van der Waals surface area contributed by atoms with E-state index in [1.807, 2.05) is 25.2 Å². The molecule has 0 bridgehead atoms. The number of nitrogens with two attached hydrogens (primary N) is 1. The van der Waals surface area contributed by atoms with Crippen molar-refractivity contribution in [2.24, 2.45) is 5.84 Å². The molecule has 0 unspecified atom stereocenters. The Morgan fingerprint density at radius 3 is 2.38 bits per heavy atom. The van der Waals surface area contributed by atoms with Gasteiger partial charge in [-0.2, -0.15) is 0 Å². The van der Waals surface area contributed by atoms with Crippen molar-refractivity contribution in [1.82, 2.24) is 5.01 Å². The fourth-order valence-electron chi connectivity index (χ4n) is 0.297. The predicted octanol–water partition coefficient (Wildman–Crippen LogP) is 0.882. The molecule has 0 aliphatic rings.